The highest BCUT2D eigenvalue weighted by Crippen LogP contribution is 2.60. The molecule has 0 radical (unpaired) electrons. The Morgan fingerprint density at radius 1 is 1.22 bits per heavy atom. The molecule has 3 nitrogen and oxygen atoms in total. The molecule has 1 aromatic rings. The van der Waals surface area contributed by atoms with E-state index in [9.17, 15) is 22.4 Å². The molecule has 0 aliphatic heterocycles. The second-order valence-corrected chi connectivity index (χ2v) is 8.17. The van der Waals surface area contributed by atoms with Crippen molar-refractivity contribution in [1.82, 2.24) is 0 Å². The zero-order chi connectivity index (χ0) is 20.5. The van der Waals surface area contributed by atoms with E-state index in [0.717, 1.165) is 6.92 Å². The zero-order valence-electron chi connectivity index (χ0n) is 15.3. The standard InChI is InChI=1S/C19H19F4NO2S/c1-5-27-10(7-24)6-12-13(19(12,3)4)18(25)26-8-11-16(22)14(20)9(2)15(21)17(11)23/h6,12-13H,5,8H2,1-4H3/b10-6-/t12-,13+/m1/s1. The van der Waals surface area contributed by atoms with Crippen LogP contribution in [0.5, 0.6) is 0 Å². The minimum absolute atomic E-state index is 0.264. The zero-order valence-corrected chi connectivity index (χ0v) is 16.1. The SMILES string of the molecule is CCS/C(C#N)=C\[C@@H]1[C@@H](C(=O)OCc2c(F)c(F)c(C)c(F)c2F)C1(C)C. The van der Waals surface area contributed by atoms with Gasteiger partial charge in [-0.2, -0.15) is 5.26 Å². The Balaban J connectivity index is 2.15. The van der Waals surface area contributed by atoms with Crippen LogP contribution in [0.1, 0.15) is 31.9 Å². The maximum atomic E-state index is 13.9. The summed E-state index contributed by atoms with van der Waals surface area (Å²) in [5.74, 6) is -7.08. The van der Waals surface area contributed by atoms with E-state index in [1.165, 1.54) is 11.8 Å². The van der Waals surface area contributed by atoms with Crippen molar-refractivity contribution in [2.75, 3.05) is 5.75 Å². The second kappa shape index (κ2) is 7.93. The van der Waals surface area contributed by atoms with Gasteiger partial charge in [0, 0.05) is 5.56 Å². The summed E-state index contributed by atoms with van der Waals surface area (Å²) in [6, 6.07) is 2.05. The molecule has 0 saturated heterocycles. The van der Waals surface area contributed by atoms with Crippen LogP contribution in [0.4, 0.5) is 17.6 Å². The van der Waals surface area contributed by atoms with Gasteiger partial charge < -0.3 is 4.74 Å². The lowest BCUT2D eigenvalue weighted by atomic mass is 10.1. The van der Waals surface area contributed by atoms with Crippen LogP contribution in [0.25, 0.3) is 0 Å². The van der Waals surface area contributed by atoms with Crippen LogP contribution in [0.15, 0.2) is 11.0 Å². The molecular formula is C19H19F4NO2S. The van der Waals surface area contributed by atoms with Gasteiger partial charge in [0.25, 0.3) is 0 Å². The first kappa shape index (κ1) is 21.3. The van der Waals surface area contributed by atoms with Crippen LogP contribution in [0, 0.1) is 58.8 Å². The molecule has 0 N–H and O–H groups in total. The normalized spacial score (nSPS) is 20.9. The molecule has 146 valence electrons. The van der Waals surface area contributed by atoms with Crippen LogP contribution in [-0.2, 0) is 16.1 Å². The summed E-state index contributed by atoms with van der Waals surface area (Å²) in [4.78, 5) is 12.8. The van der Waals surface area contributed by atoms with E-state index in [1.807, 2.05) is 6.92 Å². The van der Waals surface area contributed by atoms with Crippen LogP contribution in [0.2, 0.25) is 0 Å². The Hall–Kier alpha value is -2.01. The third-order valence-electron chi connectivity index (χ3n) is 4.84. The molecule has 0 unspecified atom stereocenters. The Morgan fingerprint density at radius 2 is 1.78 bits per heavy atom. The second-order valence-electron chi connectivity index (χ2n) is 6.87. The number of ether oxygens (including phenoxy) is 1. The van der Waals surface area contributed by atoms with Gasteiger partial charge in [-0.05, 0) is 24.0 Å². The molecule has 1 fully saturated rings. The number of carbonyl (C=O) groups excluding carboxylic acids is 1. The van der Waals surface area contributed by atoms with E-state index in [-0.39, 0.29) is 5.92 Å². The lowest BCUT2D eigenvalue weighted by Gasteiger charge is -2.10. The first-order chi connectivity index (χ1) is 12.6. The van der Waals surface area contributed by atoms with Crippen LogP contribution in [0.3, 0.4) is 0 Å². The molecule has 1 aromatic carbocycles. The van der Waals surface area contributed by atoms with Crippen molar-refractivity contribution in [3.63, 3.8) is 0 Å². The molecule has 0 spiro atoms. The minimum Gasteiger partial charge on any atom is -0.460 e. The van der Waals surface area contributed by atoms with Crippen molar-refractivity contribution in [1.29, 1.82) is 5.26 Å². The van der Waals surface area contributed by atoms with Crippen molar-refractivity contribution in [3.05, 3.63) is 45.4 Å². The van der Waals surface area contributed by atoms with E-state index in [0.29, 0.717) is 10.7 Å². The van der Waals surface area contributed by atoms with Gasteiger partial charge in [-0.1, -0.05) is 26.8 Å². The van der Waals surface area contributed by atoms with Crippen molar-refractivity contribution in [2.24, 2.45) is 17.3 Å². The van der Waals surface area contributed by atoms with E-state index in [2.05, 4.69) is 6.07 Å². The van der Waals surface area contributed by atoms with Gasteiger partial charge in [0.05, 0.1) is 16.4 Å². The van der Waals surface area contributed by atoms with Crippen molar-refractivity contribution in [3.8, 4) is 6.07 Å². The van der Waals surface area contributed by atoms with Crippen LogP contribution in [-0.4, -0.2) is 11.7 Å². The van der Waals surface area contributed by atoms with Gasteiger partial charge in [-0.25, -0.2) is 17.6 Å². The minimum atomic E-state index is -1.57. The lowest BCUT2D eigenvalue weighted by molar-refractivity contribution is -0.147. The monoisotopic (exact) mass is 401 g/mol. The van der Waals surface area contributed by atoms with Gasteiger partial charge in [0.2, 0.25) is 0 Å². The highest BCUT2D eigenvalue weighted by atomic mass is 32.2. The predicted octanol–water partition coefficient (Wildman–Crippen LogP) is 5.03. The van der Waals surface area contributed by atoms with Crippen molar-refractivity contribution < 1.29 is 27.1 Å². The van der Waals surface area contributed by atoms with Crippen molar-refractivity contribution >= 4 is 17.7 Å². The molecule has 0 bridgehead atoms. The van der Waals surface area contributed by atoms with Gasteiger partial charge in [0.1, 0.15) is 12.7 Å². The van der Waals surface area contributed by atoms with Crippen LogP contribution >= 0.6 is 11.8 Å². The summed E-state index contributed by atoms with van der Waals surface area (Å²) in [6.45, 7) is 5.50. The fraction of sp³-hybridized carbons (Fsp3) is 0.474. The number of rotatable bonds is 6. The number of halogens is 4. The highest BCUT2D eigenvalue weighted by Gasteiger charge is 2.61. The fourth-order valence-electron chi connectivity index (χ4n) is 3.02. The van der Waals surface area contributed by atoms with E-state index in [4.69, 9.17) is 10.00 Å². The number of hydrogen-bond acceptors (Lipinski definition) is 4. The smallest absolute Gasteiger partial charge is 0.310 e. The topological polar surface area (TPSA) is 50.1 Å². The lowest BCUT2D eigenvalue weighted by Crippen LogP contribution is -2.14. The molecule has 2 atom stereocenters. The number of nitrogens with zero attached hydrogens (tertiary/aromatic N) is 1. The third-order valence-corrected chi connectivity index (χ3v) is 5.67. The summed E-state index contributed by atoms with van der Waals surface area (Å²) < 4.78 is 59.9. The van der Waals surface area contributed by atoms with Crippen LogP contribution < -0.4 is 0 Å². The molecule has 1 aliphatic rings. The number of thioether (sulfide) groups is 1. The summed E-state index contributed by atoms with van der Waals surface area (Å²) in [6.07, 6.45) is 1.69. The van der Waals surface area contributed by atoms with E-state index >= 15 is 0 Å². The van der Waals surface area contributed by atoms with Gasteiger partial charge in [-0.15, -0.1) is 11.8 Å². The Kier molecular flexibility index (Phi) is 6.25. The molecular weight excluding hydrogens is 382 g/mol. The molecule has 1 aliphatic carbocycles. The number of allylic oxidation sites excluding steroid dienone is 2. The molecule has 8 heteroatoms. The Bertz CT molecular complexity index is 816. The largest absolute Gasteiger partial charge is 0.460 e. The number of nitriles is 1. The number of hydrogen-bond donors (Lipinski definition) is 0. The van der Waals surface area contributed by atoms with Gasteiger partial charge in [0.15, 0.2) is 23.3 Å². The molecule has 1 saturated carbocycles. The fourth-order valence-corrected chi connectivity index (χ4v) is 3.64. The molecule has 0 aromatic heterocycles. The van der Waals surface area contributed by atoms with E-state index < -0.39 is 58.3 Å². The van der Waals surface area contributed by atoms with E-state index in [1.54, 1.807) is 19.9 Å². The average Bonchev–Trinajstić information content (AvgIpc) is 3.17. The quantitative estimate of drug-likeness (QED) is 0.290. The van der Waals surface area contributed by atoms with Gasteiger partial charge >= 0.3 is 5.97 Å². The highest BCUT2D eigenvalue weighted by molar-refractivity contribution is 8.03. The molecule has 27 heavy (non-hydrogen) atoms. The summed E-state index contributed by atoms with van der Waals surface area (Å²) >= 11 is 1.34. The van der Waals surface area contributed by atoms with Gasteiger partial charge in [-0.3, -0.25) is 4.79 Å². The summed E-state index contributed by atoms with van der Waals surface area (Å²) in [5, 5.41) is 9.11. The number of benzene rings is 1. The first-order valence-corrected chi connectivity index (χ1v) is 9.29. The predicted molar refractivity (Wildman–Crippen MR) is 93.4 cm³/mol. The maximum Gasteiger partial charge on any atom is 0.310 e. The van der Waals surface area contributed by atoms with Crippen molar-refractivity contribution in [2.45, 2.75) is 34.3 Å². The molecule has 0 amide bonds. The number of esters is 1. The first-order valence-electron chi connectivity index (χ1n) is 8.30. The summed E-state index contributed by atoms with van der Waals surface area (Å²) in [7, 11) is 0. The number of carbonyl (C=O) groups is 1. The third kappa shape index (κ3) is 3.98. The Labute approximate surface area is 159 Å². The maximum absolute atomic E-state index is 13.9. The molecule has 0 heterocycles. The Morgan fingerprint density at radius 3 is 2.26 bits per heavy atom. The summed E-state index contributed by atoms with van der Waals surface area (Å²) in [5.41, 5.74) is -2.23. The molecule has 2 rings (SSSR count). The average molecular weight is 401 g/mol.